The van der Waals surface area contributed by atoms with E-state index in [1.54, 1.807) is 12.7 Å². The Kier molecular flexibility index (Phi) is 12.3. The van der Waals surface area contributed by atoms with Gasteiger partial charge in [-0.1, -0.05) is 52.0 Å². The number of rotatable bonds is 6. The van der Waals surface area contributed by atoms with Crippen LogP contribution in [0, 0.1) is 13.8 Å². The largest absolute Gasteiger partial charge is 0.412 e. The first-order valence-electron chi connectivity index (χ1n) is 16.4. The third-order valence-corrected chi connectivity index (χ3v) is 8.72. The van der Waals surface area contributed by atoms with E-state index in [2.05, 4.69) is 155 Å². The van der Waals surface area contributed by atoms with Crippen LogP contribution in [0.4, 0.5) is 22.7 Å². The molecule has 51 heavy (non-hydrogen) atoms. The number of pyridine rings is 2. The molecule has 0 atom stereocenters. The van der Waals surface area contributed by atoms with E-state index in [9.17, 15) is 0 Å². The minimum atomic E-state index is 0. The lowest BCUT2D eigenvalue weighted by Gasteiger charge is -2.13. The Bertz CT molecular complexity index is 2210. The molecular formula is C40H44Cl2N8O. The second-order valence-electron chi connectivity index (χ2n) is 13.0. The number of anilines is 4. The highest BCUT2D eigenvalue weighted by Crippen LogP contribution is 2.33. The molecule has 264 valence electrons. The molecule has 8 aromatic rings. The van der Waals surface area contributed by atoms with E-state index in [4.69, 9.17) is 0 Å². The number of imidazole rings is 2. The molecule has 0 radical (unpaired) electrons. The fraction of sp³-hybridized carbons (Fsp3) is 0.200. The van der Waals surface area contributed by atoms with E-state index in [-0.39, 0.29) is 30.3 Å². The Balaban J connectivity index is 0.000000216. The molecular weight excluding hydrogens is 679 g/mol. The van der Waals surface area contributed by atoms with Gasteiger partial charge in [-0.25, -0.2) is 19.9 Å². The van der Waals surface area contributed by atoms with Crippen molar-refractivity contribution in [2.24, 2.45) is 0 Å². The molecule has 11 heteroatoms. The van der Waals surface area contributed by atoms with Crippen molar-refractivity contribution in [1.82, 2.24) is 29.9 Å². The molecule has 0 amide bonds. The average Bonchev–Trinajstić information content (AvgIpc) is 3.75. The number of H-pyrrole nitrogens is 2. The van der Waals surface area contributed by atoms with Gasteiger partial charge in [-0.2, -0.15) is 0 Å². The maximum absolute atomic E-state index is 4.45. The molecule has 9 nitrogen and oxygen atoms in total. The average molecular weight is 724 g/mol. The first kappa shape index (κ1) is 38.6. The van der Waals surface area contributed by atoms with Crippen LogP contribution in [0.1, 0.15) is 62.0 Å². The van der Waals surface area contributed by atoms with Crippen LogP contribution in [0.15, 0.2) is 97.6 Å². The van der Waals surface area contributed by atoms with E-state index in [1.165, 1.54) is 11.1 Å². The zero-order valence-electron chi connectivity index (χ0n) is 29.5. The molecule has 4 aromatic heterocycles. The predicted molar refractivity (Wildman–Crippen MR) is 218 cm³/mol. The summed E-state index contributed by atoms with van der Waals surface area (Å²) in [5.74, 6) is 1.07. The van der Waals surface area contributed by atoms with Gasteiger partial charge in [-0.15, -0.1) is 24.8 Å². The number of nitrogens with zero attached hydrogens (tertiary/aromatic N) is 4. The lowest BCUT2D eigenvalue weighted by molar-refractivity contribution is 0.824. The molecule has 0 aliphatic carbocycles. The second-order valence-corrected chi connectivity index (χ2v) is 13.0. The SMILES string of the molecule is Cc1cc(Nc2ccc(C(C)C)cc2)c2c(ccc3ncnc32)[nH]1.Cc1cc(Nc2ccc(C(C)C)cc2)c2c(ccc3ncnc32)[nH]1.Cl.Cl.O. The van der Waals surface area contributed by atoms with Crippen LogP contribution in [-0.2, 0) is 0 Å². The summed E-state index contributed by atoms with van der Waals surface area (Å²) in [7, 11) is 0. The standard InChI is InChI=1S/2C20H20N4.2ClH.H2O/c2*1-12(2)14-4-6-15(7-5-14)24-18-10-13(3)23-16-8-9-17-20(19(16)18)22-11-21-17;;;/h2*4-12,23-24H,1-3H3;2*1H;1H2. The number of hydrogen-bond acceptors (Lipinski definition) is 6. The molecule has 0 spiro atoms. The number of fused-ring (bicyclic) bond motifs is 6. The van der Waals surface area contributed by atoms with Gasteiger partial charge in [0.2, 0.25) is 0 Å². The molecule has 0 bridgehead atoms. The van der Waals surface area contributed by atoms with Crippen molar-refractivity contribution >= 4 is 91.4 Å². The number of hydrogen-bond donors (Lipinski definition) is 4. The number of aromatic nitrogens is 6. The quantitative estimate of drug-likeness (QED) is 0.135. The second kappa shape index (κ2) is 16.2. The summed E-state index contributed by atoms with van der Waals surface area (Å²) in [6, 6.07) is 29.6. The highest BCUT2D eigenvalue weighted by Gasteiger charge is 2.12. The summed E-state index contributed by atoms with van der Waals surface area (Å²) in [4.78, 5) is 24.4. The zero-order valence-corrected chi connectivity index (χ0v) is 31.1. The number of nitrogens with one attached hydrogen (secondary N) is 4. The predicted octanol–water partition coefficient (Wildman–Crippen LogP) is 10.6. The number of aromatic amines is 2. The van der Waals surface area contributed by atoms with Crippen molar-refractivity contribution in [1.29, 1.82) is 0 Å². The molecule has 0 aliphatic rings. The van der Waals surface area contributed by atoms with Crippen LogP contribution in [0.3, 0.4) is 0 Å². The fourth-order valence-electron chi connectivity index (χ4n) is 6.17. The van der Waals surface area contributed by atoms with Gasteiger partial charge in [-0.05, 0) is 97.5 Å². The third kappa shape index (κ3) is 8.07. The maximum atomic E-state index is 4.45. The third-order valence-electron chi connectivity index (χ3n) is 8.72. The van der Waals surface area contributed by atoms with Gasteiger partial charge in [0.1, 0.15) is 23.7 Å². The first-order valence-corrected chi connectivity index (χ1v) is 16.4. The molecule has 0 saturated carbocycles. The lowest BCUT2D eigenvalue weighted by atomic mass is 10.0. The summed E-state index contributed by atoms with van der Waals surface area (Å²) >= 11 is 0. The van der Waals surface area contributed by atoms with Gasteiger partial charge >= 0.3 is 0 Å². The summed E-state index contributed by atoms with van der Waals surface area (Å²) in [6.07, 6.45) is 3.23. The Morgan fingerprint density at radius 3 is 1.24 bits per heavy atom. The summed E-state index contributed by atoms with van der Waals surface area (Å²) in [5, 5.41) is 9.24. The van der Waals surface area contributed by atoms with Crippen molar-refractivity contribution in [3.63, 3.8) is 0 Å². The molecule has 4 heterocycles. The Labute approximate surface area is 309 Å². The molecule has 0 saturated heterocycles. The molecule has 4 aromatic carbocycles. The van der Waals surface area contributed by atoms with Gasteiger partial charge < -0.3 is 26.1 Å². The van der Waals surface area contributed by atoms with Crippen molar-refractivity contribution < 1.29 is 5.48 Å². The van der Waals surface area contributed by atoms with Crippen molar-refractivity contribution in [3.05, 3.63) is 120 Å². The van der Waals surface area contributed by atoms with Crippen molar-refractivity contribution in [2.45, 2.75) is 53.4 Å². The van der Waals surface area contributed by atoms with Crippen LogP contribution in [0.2, 0.25) is 0 Å². The number of benzene rings is 4. The van der Waals surface area contributed by atoms with Gasteiger partial charge in [0.25, 0.3) is 0 Å². The highest BCUT2D eigenvalue weighted by molar-refractivity contribution is 6.11. The van der Waals surface area contributed by atoms with E-state index in [1.807, 2.05) is 12.1 Å². The highest BCUT2D eigenvalue weighted by atomic mass is 35.5. The van der Waals surface area contributed by atoms with Crippen LogP contribution in [0.5, 0.6) is 0 Å². The maximum Gasteiger partial charge on any atom is 0.116 e. The van der Waals surface area contributed by atoms with Gasteiger partial charge in [0.15, 0.2) is 0 Å². The smallest absolute Gasteiger partial charge is 0.116 e. The summed E-state index contributed by atoms with van der Waals surface area (Å²) in [6.45, 7) is 12.9. The van der Waals surface area contributed by atoms with E-state index in [0.717, 1.165) is 78.0 Å². The van der Waals surface area contributed by atoms with Crippen LogP contribution >= 0.6 is 24.8 Å². The molecule has 6 N–H and O–H groups in total. The summed E-state index contributed by atoms with van der Waals surface area (Å²) < 4.78 is 0. The van der Waals surface area contributed by atoms with E-state index >= 15 is 0 Å². The zero-order chi connectivity index (χ0) is 33.4. The number of halogens is 2. The molecule has 8 rings (SSSR count). The van der Waals surface area contributed by atoms with Gasteiger partial charge in [0, 0.05) is 44.6 Å². The van der Waals surface area contributed by atoms with Gasteiger partial charge in [0.05, 0.1) is 22.4 Å². The topological polar surface area (TPSA) is 139 Å². The van der Waals surface area contributed by atoms with Crippen LogP contribution < -0.4 is 10.6 Å². The normalized spacial score (nSPS) is 10.8. The fourth-order valence-corrected chi connectivity index (χ4v) is 6.17. The minimum absolute atomic E-state index is 0. The van der Waals surface area contributed by atoms with E-state index < -0.39 is 0 Å². The van der Waals surface area contributed by atoms with E-state index in [0.29, 0.717) is 11.8 Å². The molecule has 0 fully saturated rings. The van der Waals surface area contributed by atoms with Crippen LogP contribution in [0.25, 0.3) is 43.9 Å². The Morgan fingerprint density at radius 2 is 0.882 bits per heavy atom. The van der Waals surface area contributed by atoms with Gasteiger partial charge in [-0.3, -0.25) is 0 Å². The minimum Gasteiger partial charge on any atom is -0.412 e. The summed E-state index contributed by atoms with van der Waals surface area (Å²) in [5.41, 5.74) is 14.9. The first-order chi connectivity index (χ1) is 23.2. The lowest BCUT2D eigenvalue weighted by Crippen LogP contribution is -1.96. The molecule has 0 unspecified atom stereocenters. The van der Waals surface area contributed by atoms with Crippen molar-refractivity contribution in [2.75, 3.05) is 10.6 Å². The monoisotopic (exact) mass is 722 g/mol. The van der Waals surface area contributed by atoms with Crippen LogP contribution in [-0.4, -0.2) is 35.4 Å². The Hall–Kier alpha value is -5.22. The Morgan fingerprint density at radius 1 is 0.510 bits per heavy atom. The number of aryl methyl sites for hydroxylation is 2. The van der Waals surface area contributed by atoms with Crippen molar-refractivity contribution in [3.8, 4) is 0 Å². The molecule has 0 aliphatic heterocycles.